The summed E-state index contributed by atoms with van der Waals surface area (Å²) in [7, 11) is 0. The van der Waals surface area contributed by atoms with Crippen molar-refractivity contribution in [3.8, 4) is 11.5 Å². The van der Waals surface area contributed by atoms with Crippen LogP contribution in [-0.4, -0.2) is 0 Å². The Bertz CT molecular complexity index is 592. The van der Waals surface area contributed by atoms with Crippen molar-refractivity contribution in [1.82, 2.24) is 0 Å². The molecule has 0 amide bonds. The van der Waals surface area contributed by atoms with E-state index in [4.69, 9.17) is 4.74 Å². The number of hydrogen-bond acceptors (Lipinski definition) is 1. The first-order valence-corrected chi connectivity index (χ1v) is 5.17. The van der Waals surface area contributed by atoms with Crippen molar-refractivity contribution in [2.75, 3.05) is 0 Å². The minimum atomic E-state index is -4.83. The molecule has 0 bridgehead atoms. The van der Waals surface area contributed by atoms with Gasteiger partial charge in [-0.1, -0.05) is 12.1 Å². The van der Waals surface area contributed by atoms with Crippen LogP contribution in [-0.2, 0) is 6.18 Å². The molecule has 0 saturated carbocycles. The highest BCUT2D eigenvalue weighted by atomic mass is 19.4. The average Bonchev–Trinajstić information content (AvgIpc) is 2.33. The molecule has 2 rings (SSSR count). The first-order valence-electron chi connectivity index (χ1n) is 5.17. The molecule has 1 nitrogen and oxygen atoms in total. The maximum atomic E-state index is 13.3. The standard InChI is InChI=1S/C13H7F5O/c14-10-6-5-8(7-9(10)13(16,17)18)19-12-4-2-1-3-11(12)15/h1-7H. The zero-order valence-electron chi connectivity index (χ0n) is 9.34. The second kappa shape index (κ2) is 4.87. The van der Waals surface area contributed by atoms with Crippen LogP contribution in [0.3, 0.4) is 0 Å². The molecule has 0 aliphatic rings. The topological polar surface area (TPSA) is 9.23 Å². The molecule has 0 aliphatic heterocycles. The Morgan fingerprint density at radius 2 is 1.53 bits per heavy atom. The summed E-state index contributed by atoms with van der Waals surface area (Å²) in [6, 6.07) is 7.34. The second-order valence-corrected chi connectivity index (χ2v) is 3.67. The quantitative estimate of drug-likeness (QED) is 0.716. The van der Waals surface area contributed by atoms with Crippen molar-refractivity contribution in [1.29, 1.82) is 0 Å². The Hall–Kier alpha value is -2.11. The molecule has 2 aromatic carbocycles. The number of alkyl halides is 3. The zero-order chi connectivity index (χ0) is 14.0. The van der Waals surface area contributed by atoms with E-state index in [1.807, 2.05) is 0 Å². The summed E-state index contributed by atoms with van der Waals surface area (Å²) in [5, 5.41) is 0. The molecule has 19 heavy (non-hydrogen) atoms. The van der Waals surface area contributed by atoms with E-state index in [0.717, 1.165) is 12.1 Å². The molecule has 0 aromatic heterocycles. The Labute approximate surface area is 105 Å². The Morgan fingerprint density at radius 1 is 0.842 bits per heavy atom. The molecule has 2 aromatic rings. The van der Waals surface area contributed by atoms with Crippen LogP contribution in [0.15, 0.2) is 42.5 Å². The molecule has 0 saturated heterocycles. The molecule has 0 atom stereocenters. The zero-order valence-corrected chi connectivity index (χ0v) is 9.34. The SMILES string of the molecule is Fc1ccccc1Oc1ccc(F)c(C(F)(F)F)c1. The van der Waals surface area contributed by atoms with E-state index < -0.39 is 23.4 Å². The normalized spacial score (nSPS) is 11.4. The van der Waals surface area contributed by atoms with Crippen molar-refractivity contribution < 1.29 is 26.7 Å². The number of hydrogen-bond donors (Lipinski definition) is 0. The number of benzene rings is 2. The summed E-state index contributed by atoms with van der Waals surface area (Å²) in [6.07, 6.45) is -4.83. The van der Waals surface area contributed by atoms with Gasteiger partial charge in [-0.2, -0.15) is 13.2 Å². The van der Waals surface area contributed by atoms with Crippen molar-refractivity contribution in [3.63, 3.8) is 0 Å². The van der Waals surface area contributed by atoms with Gasteiger partial charge in [-0.25, -0.2) is 8.78 Å². The Kier molecular flexibility index (Phi) is 3.42. The van der Waals surface area contributed by atoms with Gasteiger partial charge in [-0.15, -0.1) is 0 Å². The van der Waals surface area contributed by atoms with Gasteiger partial charge in [0.25, 0.3) is 0 Å². The van der Waals surface area contributed by atoms with Crippen LogP contribution in [0.2, 0.25) is 0 Å². The molecular formula is C13H7F5O. The number of halogens is 5. The van der Waals surface area contributed by atoms with Crippen LogP contribution in [0.5, 0.6) is 11.5 Å². The van der Waals surface area contributed by atoms with Gasteiger partial charge in [-0.05, 0) is 30.3 Å². The van der Waals surface area contributed by atoms with E-state index >= 15 is 0 Å². The lowest BCUT2D eigenvalue weighted by Gasteiger charge is -2.11. The minimum absolute atomic E-state index is 0.234. The summed E-state index contributed by atoms with van der Waals surface area (Å²) in [4.78, 5) is 0. The minimum Gasteiger partial charge on any atom is -0.454 e. The highest BCUT2D eigenvalue weighted by molar-refractivity contribution is 5.36. The van der Waals surface area contributed by atoms with E-state index in [2.05, 4.69) is 0 Å². The van der Waals surface area contributed by atoms with E-state index in [9.17, 15) is 22.0 Å². The largest absolute Gasteiger partial charge is 0.454 e. The molecule has 0 spiro atoms. The van der Waals surface area contributed by atoms with Crippen molar-refractivity contribution in [2.45, 2.75) is 6.18 Å². The van der Waals surface area contributed by atoms with Crippen molar-refractivity contribution >= 4 is 0 Å². The smallest absolute Gasteiger partial charge is 0.419 e. The van der Waals surface area contributed by atoms with E-state index in [0.29, 0.717) is 12.1 Å². The lowest BCUT2D eigenvalue weighted by molar-refractivity contribution is -0.140. The Morgan fingerprint density at radius 3 is 2.16 bits per heavy atom. The van der Waals surface area contributed by atoms with Gasteiger partial charge in [0, 0.05) is 0 Å². The summed E-state index contributed by atoms with van der Waals surface area (Å²) in [6.45, 7) is 0. The van der Waals surface area contributed by atoms with E-state index in [-0.39, 0.29) is 11.5 Å². The molecule has 0 radical (unpaired) electrons. The van der Waals surface area contributed by atoms with Crippen molar-refractivity contribution in [3.05, 3.63) is 59.7 Å². The molecule has 0 aliphatic carbocycles. The molecule has 0 N–H and O–H groups in total. The monoisotopic (exact) mass is 274 g/mol. The number of rotatable bonds is 2. The molecule has 0 heterocycles. The van der Waals surface area contributed by atoms with E-state index in [1.54, 1.807) is 0 Å². The summed E-state index contributed by atoms with van der Waals surface area (Å²) >= 11 is 0. The van der Waals surface area contributed by atoms with Gasteiger partial charge in [-0.3, -0.25) is 0 Å². The predicted molar refractivity (Wildman–Crippen MR) is 57.9 cm³/mol. The number of para-hydroxylation sites is 1. The summed E-state index contributed by atoms with van der Waals surface area (Å²) in [5.74, 6) is -2.66. The Balaban J connectivity index is 2.35. The molecule has 100 valence electrons. The van der Waals surface area contributed by atoms with Gasteiger partial charge >= 0.3 is 6.18 Å². The van der Waals surface area contributed by atoms with Crippen LogP contribution in [0.1, 0.15) is 5.56 Å². The fourth-order valence-corrected chi connectivity index (χ4v) is 1.44. The van der Waals surface area contributed by atoms with Gasteiger partial charge in [0.15, 0.2) is 11.6 Å². The third-order valence-corrected chi connectivity index (χ3v) is 2.31. The molecular weight excluding hydrogens is 267 g/mol. The first-order chi connectivity index (χ1) is 8.88. The average molecular weight is 274 g/mol. The third-order valence-electron chi connectivity index (χ3n) is 2.31. The summed E-state index contributed by atoms with van der Waals surface area (Å²) in [5.41, 5.74) is -1.46. The van der Waals surface area contributed by atoms with Crippen LogP contribution in [0, 0.1) is 11.6 Å². The lowest BCUT2D eigenvalue weighted by Crippen LogP contribution is -2.08. The van der Waals surface area contributed by atoms with Gasteiger partial charge in [0.1, 0.15) is 11.6 Å². The fourth-order valence-electron chi connectivity index (χ4n) is 1.44. The van der Waals surface area contributed by atoms with E-state index in [1.165, 1.54) is 18.2 Å². The summed E-state index contributed by atoms with van der Waals surface area (Å²) < 4.78 is 68.7. The maximum absolute atomic E-state index is 13.3. The third kappa shape index (κ3) is 3.01. The van der Waals surface area contributed by atoms with Gasteiger partial charge in [0.05, 0.1) is 5.56 Å². The van der Waals surface area contributed by atoms with Crippen LogP contribution in [0.25, 0.3) is 0 Å². The highest BCUT2D eigenvalue weighted by Gasteiger charge is 2.34. The maximum Gasteiger partial charge on any atom is 0.419 e. The van der Waals surface area contributed by atoms with Gasteiger partial charge < -0.3 is 4.74 Å². The molecule has 6 heteroatoms. The van der Waals surface area contributed by atoms with Crippen LogP contribution in [0.4, 0.5) is 22.0 Å². The van der Waals surface area contributed by atoms with Crippen LogP contribution >= 0.6 is 0 Å². The highest BCUT2D eigenvalue weighted by Crippen LogP contribution is 2.35. The fraction of sp³-hybridized carbons (Fsp3) is 0.0769. The van der Waals surface area contributed by atoms with Crippen LogP contribution < -0.4 is 4.74 Å². The first kappa shape index (κ1) is 13.3. The second-order valence-electron chi connectivity index (χ2n) is 3.67. The molecule has 0 unspecified atom stereocenters. The van der Waals surface area contributed by atoms with Gasteiger partial charge in [0.2, 0.25) is 0 Å². The molecule has 0 fully saturated rings. The predicted octanol–water partition coefficient (Wildman–Crippen LogP) is 4.78. The van der Waals surface area contributed by atoms with Crippen molar-refractivity contribution in [2.24, 2.45) is 0 Å². The lowest BCUT2D eigenvalue weighted by atomic mass is 10.2. The number of ether oxygens (including phenoxy) is 1.